The summed E-state index contributed by atoms with van der Waals surface area (Å²) in [5.74, 6) is -0.107. The van der Waals surface area contributed by atoms with Gasteiger partial charge in [-0.25, -0.2) is 0 Å². The highest BCUT2D eigenvalue weighted by Crippen LogP contribution is 2.40. The molecule has 1 aromatic rings. The lowest BCUT2D eigenvalue weighted by Crippen LogP contribution is -2.45. The Morgan fingerprint density at radius 3 is 2.47 bits per heavy atom. The molecule has 0 spiro atoms. The SMILES string of the molecule is CCN1C(=O)C(C)=C(C)C1(O)c1ccncc1. The van der Waals surface area contributed by atoms with Gasteiger partial charge in [0.05, 0.1) is 0 Å². The van der Waals surface area contributed by atoms with Crippen LogP contribution in [0.3, 0.4) is 0 Å². The van der Waals surface area contributed by atoms with Crippen LogP contribution in [0.4, 0.5) is 0 Å². The molecule has 2 heterocycles. The van der Waals surface area contributed by atoms with Crippen molar-refractivity contribution < 1.29 is 9.90 Å². The lowest BCUT2D eigenvalue weighted by atomic mass is 9.96. The molecule has 0 fully saturated rings. The number of hydrogen-bond donors (Lipinski definition) is 1. The second kappa shape index (κ2) is 3.96. The summed E-state index contributed by atoms with van der Waals surface area (Å²) in [5, 5.41) is 10.9. The predicted molar refractivity (Wildman–Crippen MR) is 63.9 cm³/mol. The molecule has 1 atom stereocenters. The van der Waals surface area contributed by atoms with E-state index < -0.39 is 5.72 Å². The van der Waals surface area contributed by atoms with Crippen LogP contribution in [0.15, 0.2) is 35.7 Å². The maximum Gasteiger partial charge on any atom is 0.252 e. The molecular formula is C13H16N2O2. The van der Waals surface area contributed by atoms with Gasteiger partial charge in [0.1, 0.15) is 0 Å². The van der Waals surface area contributed by atoms with Gasteiger partial charge < -0.3 is 10.0 Å². The minimum atomic E-state index is -1.32. The first-order valence-corrected chi connectivity index (χ1v) is 5.66. The van der Waals surface area contributed by atoms with E-state index in [-0.39, 0.29) is 5.91 Å². The van der Waals surface area contributed by atoms with E-state index in [0.717, 1.165) is 0 Å². The second-order valence-electron chi connectivity index (χ2n) is 4.21. The fourth-order valence-corrected chi connectivity index (χ4v) is 2.30. The molecule has 2 rings (SSSR count). The Labute approximate surface area is 101 Å². The maximum atomic E-state index is 12.0. The summed E-state index contributed by atoms with van der Waals surface area (Å²) in [6, 6.07) is 3.47. The number of hydrogen-bond acceptors (Lipinski definition) is 3. The zero-order valence-corrected chi connectivity index (χ0v) is 10.3. The molecule has 90 valence electrons. The van der Waals surface area contributed by atoms with Gasteiger partial charge in [-0.1, -0.05) is 0 Å². The van der Waals surface area contributed by atoms with Gasteiger partial charge in [-0.2, -0.15) is 0 Å². The van der Waals surface area contributed by atoms with E-state index in [4.69, 9.17) is 0 Å². The summed E-state index contributed by atoms with van der Waals surface area (Å²) in [4.78, 5) is 17.4. The molecule has 0 bridgehead atoms. The predicted octanol–water partition coefficient (Wildman–Crippen LogP) is 1.43. The van der Waals surface area contributed by atoms with Crippen molar-refractivity contribution in [3.8, 4) is 0 Å². The van der Waals surface area contributed by atoms with Gasteiger partial charge in [0.15, 0.2) is 5.72 Å². The number of carbonyl (C=O) groups excluding carboxylic acids is 1. The molecule has 0 aromatic carbocycles. The lowest BCUT2D eigenvalue weighted by Gasteiger charge is -2.35. The molecule has 1 aromatic heterocycles. The fourth-order valence-electron chi connectivity index (χ4n) is 2.30. The van der Waals surface area contributed by atoms with Crippen molar-refractivity contribution in [3.63, 3.8) is 0 Å². The van der Waals surface area contributed by atoms with Crippen molar-refractivity contribution >= 4 is 5.91 Å². The van der Waals surface area contributed by atoms with E-state index in [1.54, 1.807) is 38.4 Å². The van der Waals surface area contributed by atoms with Crippen molar-refractivity contribution in [1.29, 1.82) is 0 Å². The minimum Gasteiger partial charge on any atom is -0.363 e. The summed E-state index contributed by atoms with van der Waals surface area (Å²) in [7, 11) is 0. The van der Waals surface area contributed by atoms with Crippen LogP contribution in [0.1, 0.15) is 26.3 Å². The molecule has 1 amide bonds. The molecule has 0 saturated carbocycles. The van der Waals surface area contributed by atoms with Gasteiger partial charge in [-0.3, -0.25) is 9.78 Å². The van der Waals surface area contributed by atoms with Gasteiger partial charge in [0.25, 0.3) is 5.91 Å². The Hall–Kier alpha value is -1.68. The first-order chi connectivity index (χ1) is 8.03. The Morgan fingerprint density at radius 2 is 1.94 bits per heavy atom. The first kappa shape index (κ1) is 11.8. The molecule has 1 aliphatic rings. The standard InChI is InChI=1S/C13H16N2O2/c1-4-15-12(16)9(2)10(3)13(15,17)11-5-7-14-8-6-11/h5-8,17H,4H2,1-3H3. The highest BCUT2D eigenvalue weighted by atomic mass is 16.3. The third-order valence-electron chi connectivity index (χ3n) is 3.44. The normalized spacial score (nSPS) is 24.7. The largest absolute Gasteiger partial charge is 0.363 e. The molecule has 4 heteroatoms. The Kier molecular flexibility index (Phi) is 2.75. The average Bonchev–Trinajstić information content (AvgIpc) is 2.53. The Balaban J connectivity index is 2.60. The second-order valence-corrected chi connectivity index (χ2v) is 4.21. The molecule has 4 nitrogen and oxygen atoms in total. The molecule has 1 N–H and O–H groups in total. The number of aromatic nitrogens is 1. The first-order valence-electron chi connectivity index (χ1n) is 5.66. The number of amides is 1. The van der Waals surface area contributed by atoms with Crippen LogP contribution in [-0.4, -0.2) is 27.4 Å². The summed E-state index contributed by atoms with van der Waals surface area (Å²) in [5.41, 5.74) is 0.664. The van der Waals surface area contributed by atoms with Gasteiger partial charge in [-0.15, -0.1) is 0 Å². The van der Waals surface area contributed by atoms with Crippen molar-refractivity contribution in [1.82, 2.24) is 9.88 Å². The monoisotopic (exact) mass is 232 g/mol. The lowest BCUT2D eigenvalue weighted by molar-refractivity contribution is -0.143. The van der Waals surface area contributed by atoms with Crippen molar-refractivity contribution in [3.05, 3.63) is 41.2 Å². The molecule has 0 aliphatic carbocycles. The summed E-state index contributed by atoms with van der Waals surface area (Å²) in [6.45, 7) is 5.87. The van der Waals surface area contributed by atoms with Gasteiger partial charge in [-0.05, 0) is 38.5 Å². The number of pyridine rings is 1. The number of likely N-dealkylation sites (N-methyl/N-ethyl adjacent to an activating group) is 1. The molecular weight excluding hydrogens is 216 g/mol. The fraction of sp³-hybridized carbons (Fsp3) is 0.385. The summed E-state index contributed by atoms with van der Waals surface area (Å²) < 4.78 is 0. The van der Waals surface area contributed by atoms with Crippen LogP contribution < -0.4 is 0 Å². The van der Waals surface area contributed by atoms with Crippen LogP contribution in [0.2, 0.25) is 0 Å². The zero-order chi connectivity index (χ0) is 12.6. The Morgan fingerprint density at radius 1 is 1.35 bits per heavy atom. The molecule has 1 unspecified atom stereocenters. The third-order valence-corrected chi connectivity index (χ3v) is 3.44. The molecule has 17 heavy (non-hydrogen) atoms. The van der Waals surface area contributed by atoms with E-state index >= 15 is 0 Å². The summed E-state index contributed by atoms with van der Waals surface area (Å²) >= 11 is 0. The van der Waals surface area contributed by atoms with E-state index in [9.17, 15) is 9.90 Å². The van der Waals surface area contributed by atoms with E-state index in [1.807, 2.05) is 6.92 Å². The number of carbonyl (C=O) groups is 1. The smallest absolute Gasteiger partial charge is 0.252 e. The van der Waals surface area contributed by atoms with Gasteiger partial charge in [0.2, 0.25) is 0 Å². The van der Waals surface area contributed by atoms with E-state index in [2.05, 4.69) is 4.98 Å². The van der Waals surface area contributed by atoms with E-state index in [0.29, 0.717) is 23.3 Å². The zero-order valence-electron chi connectivity index (χ0n) is 10.3. The topological polar surface area (TPSA) is 53.4 Å². The van der Waals surface area contributed by atoms with Crippen LogP contribution in [0.5, 0.6) is 0 Å². The van der Waals surface area contributed by atoms with Crippen molar-refractivity contribution in [2.45, 2.75) is 26.5 Å². The summed E-state index contributed by atoms with van der Waals surface area (Å²) in [6.07, 6.45) is 3.24. The Bertz CT molecular complexity index is 481. The van der Waals surface area contributed by atoms with Crippen LogP contribution >= 0.6 is 0 Å². The minimum absolute atomic E-state index is 0.107. The number of aliphatic hydroxyl groups is 1. The highest BCUT2D eigenvalue weighted by Gasteiger charge is 2.47. The van der Waals surface area contributed by atoms with Gasteiger partial charge in [0, 0.05) is 30.1 Å². The van der Waals surface area contributed by atoms with Gasteiger partial charge >= 0.3 is 0 Å². The average molecular weight is 232 g/mol. The number of nitrogens with zero attached hydrogens (tertiary/aromatic N) is 2. The quantitative estimate of drug-likeness (QED) is 0.839. The third kappa shape index (κ3) is 1.48. The maximum absolute atomic E-state index is 12.0. The van der Waals surface area contributed by atoms with E-state index in [1.165, 1.54) is 4.90 Å². The van der Waals surface area contributed by atoms with Crippen LogP contribution in [0.25, 0.3) is 0 Å². The van der Waals surface area contributed by atoms with Crippen molar-refractivity contribution in [2.75, 3.05) is 6.54 Å². The molecule has 1 aliphatic heterocycles. The van der Waals surface area contributed by atoms with Crippen LogP contribution in [-0.2, 0) is 10.5 Å². The molecule has 0 radical (unpaired) electrons. The van der Waals surface area contributed by atoms with Crippen molar-refractivity contribution in [2.24, 2.45) is 0 Å². The number of rotatable bonds is 2. The van der Waals surface area contributed by atoms with Crippen LogP contribution in [0, 0.1) is 0 Å². The molecule has 0 saturated heterocycles. The highest BCUT2D eigenvalue weighted by molar-refractivity contribution is 5.97.